The van der Waals surface area contributed by atoms with Gasteiger partial charge in [0.1, 0.15) is 5.75 Å². The molecule has 5 rings (SSSR count). The molecule has 0 saturated carbocycles. The standard InChI is InChI=1S/C27H26N4O3/c1-17-26(18(2)31(29-17)16-20-11-8-10-19-9-4-5-12-21(19)20)28-27(32)25-15-23(30-34-25)22-13-6-7-14-24(22)33-3/h4-14,25H,15-16H2,1-3H3,(H,28,32). The molecule has 1 unspecified atom stereocenters. The number of nitrogens with zero attached hydrogens (tertiary/aromatic N) is 3. The lowest BCUT2D eigenvalue weighted by molar-refractivity contribution is -0.125. The number of nitrogens with one attached hydrogen (secondary N) is 1. The summed E-state index contributed by atoms with van der Waals surface area (Å²) in [5, 5.41) is 14.2. The normalized spacial score (nSPS) is 15.1. The van der Waals surface area contributed by atoms with Crippen LogP contribution < -0.4 is 10.1 Å². The minimum Gasteiger partial charge on any atom is -0.496 e. The fourth-order valence-electron chi connectivity index (χ4n) is 4.39. The minimum atomic E-state index is -0.708. The van der Waals surface area contributed by atoms with Crippen LogP contribution in [0.2, 0.25) is 0 Å². The molecule has 1 aromatic heterocycles. The molecule has 34 heavy (non-hydrogen) atoms. The first-order valence-corrected chi connectivity index (χ1v) is 11.2. The Morgan fingerprint density at radius 2 is 1.85 bits per heavy atom. The van der Waals surface area contributed by atoms with E-state index in [0.717, 1.165) is 17.0 Å². The number of carbonyl (C=O) groups excluding carboxylic acids is 1. The van der Waals surface area contributed by atoms with Crippen LogP contribution in [0.25, 0.3) is 10.8 Å². The summed E-state index contributed by atoms with van der Waals surface area (Å²) in [5.74, 6) is 0.455. The fourth-order valence-corrected chi connectivity index (χ4v) is 4.39. The molecule has 0 aliphatic carbocycles. The average molecular weight is 455 g/mol. The van der Waals surface area contributed by atoms with Crippen LogP contribution in [0.5, 0.6) is 5.75 Å². The Kier molecular flexibility index (Phi) is 5.76. The van der Waals surface area contributed by atoms with Crippen LogP contribution in [0.4, 0.5) is 5.69 Å². The Balaban J connectivity index is 1.31. The lowest BCUT2D eigenvalue weighted by atomic mass is 10.0. The van der Waals surface area contributed by atoms with Crippen molar-refractivity contribution in [3.63, 3.8) is 0 Å². The molecule has 0 bridgehead atoms. The molecule has 0 radical (unpaired) electrons. The number of hydrogen-bond donors (Lipinski definition) is 1. The number of aryl methyl sites for hydroxylation is 1. The van der Waals surface area contributed by atoms with Gasteiger partial charge in [0.05, 0.1) is 36.4 Å². The lowest BCUT2D eigenvalue weighted by Crippen LogP contribution is -2.28. The second-order valence-electron chi connectivity index (χ2n) is 8.37. The van der Waals surface area contributed by atoms with Gasteiger partial charge < -0.3 is 14.9 Å². The van der Waals surface area contributed by atoms with E-state index in [4.69, 9.17) is 14.7 Å². The van der Waals surface area contributed by atoms with Crippen LogP contribution in [0.15, 0.2) is 71.9 Å². The van der Waals surface area contributed by atoms with Crippen LogP contribution in [-0.4, -0.2) is 34.6 Å². The van der Waals surface area contributed by atoms with Gasteiger partial charge in [0.2, 0.25) is 6.10 Å². The number of hydrogen-bond acceptors (Lipinski definition) is 5. The van der Waals surface area contributed by atoms with Crippen LogP contribution in [0, 0.1) is 13.8 Å². The Morgan fingerprint density at radius 3 is 2.71 bits per heavy atom. The number of carbonyl (C=O) groups is 1. The summed E-state index contributed by atoms with van der Waals surface area (Å²) < 4.78 is 7.34. The van der Waals surface area contributed by atoms with Crippen LogP contribution >= 0.6 is 0 Å². The van der Waals surface area contributed by atoms with E-state index in [1.54, 1.807) is 7.11 Å². The second-order valence-corrected chi connectivity index (χ2v) is 8.37. The van der Waals surface area contributed by atoms with E-state index in [9.17, 15) is 4.79 Å². The summed E-state index contributed by atoms with van der Waals surface area (Å²) in [7, 11) is 1.61. The number of aromatic nitrogens is 2. The number of benzene rings is 3. The van der Waals surface area contributed by atoms with Gasteiger partial charge in [-0.25, -0.2) is 0 Å². The van der Waals surface area contributed by atoms with E-state index in [-0.39, 0.29) is 5.91 Å². The van der Waals surface area contributed by atoms with E-state index in [1.807, 2.05) is 54.9 Å². The Morgan fingerprint density at radius 1 is 1.09 bits per heavy atom. The molecule has 4 aromatic rings. The zero-order chi connectivity index (χ0) is 23.7. The van der Waals surface area contributed by atoms with Gasteiger partial charge in [-0.1, -0.05) is 59.8 Å². The Labute approximate surface area is 198 Å². The Hall–Kier alpha value is -4.13. The molecule has 3 aromatic carbocycles. The van der Waals surface area contributed by atoms with Gasteiger partial charge in [0.25, 0.3) is 5.91 Å². The van der Waals surface area contributed by atoms with Crippen LogP contribution in [0.3, 0.4) is 0 Å². The van der Waals surface area contributed by atoms with E-state index < -0.39 is 6.10 Å². The summed E-state index contributed by atoms with van der Waals surface area (Å²) in [4.78, 5) is 18.5. The maximum absolute atomic E-state index is 13.0. The van der Waals surface area contributed by atoms with Gasteiger partial charge in [-0.3, -0.25) is 9.48 Å². The first kappa shape index (κ1) is 21.7. The number of amides is 1. The van der Waals surface area contributed by atoms with Gasteiger partial charge in [0, 0.05) is 12.0 Å². The molecule has 1 aliphatic rings. The van der Waals surface area contributed by atoms with Crippen molar-refractivity contribution in [1.82, 2.24) is 9.78 Å². The highest BCUT2D eigenvalue weighted by Gasteiger charge is 2.31. The molecule has 1 aliphatic heterocycles. The van der Waals surface area contributed by atoms with E-state index in [2.05, 4.69) is 40.8 Å². The van der Waals surface area contributed by atoms with Gasteiger partial charge in [-0.2, -0.15) is 5.10 Å². The number of oxime groups is 1. The first-order chi connectivity index (χ1) is 16.5. The predicted molar refractivity (Wildman–Crippen MR) is 132 cm³/mol. The van der Waals surface area contributed by atoms with Gasteiger partial charge in [-0.15, -0.1) is 0 Å². The molecule has 7 nitrogen and oxygen atoms in total. The number of ether oxygens (including phenoxy) is 1. The van der Waals surface area contributed by atoms with E-state index >= 15 is 0 Å². The largest absolute Gasteiger partial charge is 0.496 e. The van der Waals surface area contributed by atoms with Crippen molar-refractivity contribution in [1.29, 1.82) is 0 Å². The molecule has 1 N–H and O–H groups in total. The number of methoxy groups -OCH3 is 1. The van der Waals surface area contributed by atoms with E-state index in [0.29, 0.717) is 30.1 Å². The molecule has 0 fully saturated rings. The maximum atomic E-state index is 13.0. The molecule has 7 heteroatoms. The topological polar surface area (TPSA) is 77.7 Å². The number of para-hydroxylation sites is 1. The SMILES string of the molecule is COc1ccccc1C1=NOC(C(=O)Nc2c(C)nn(Cc3cccc4ccccc34)c2C)C1. The van der Waals surface area contributed by atoms with E-state index in [1.165, 1.54) is 16.3 Å². The average Bonchev–Trinajstić information content (AvgIpc) is 3.45. The van der Waals surface area contributed by atoms with Crippen molar-refractivity contribution in [3.8, 4) is 5.75 Å². The molecular formula is C27H26N4O3. The molecule has 0 spiro atoms. The highest BCUT2D eigenvalue weighted by Crippen LogP contribution is 2.27. The Bertz CT molecular complexity index is 1400. The summed E-state index contributed by atoms with van der Waals surface area (Å²) in [5.41, 5.74) is 5.06. The van der Waals surface area contributed by atoms with Gasteiger partial charge >= 0.3 is 0 Å². The monoisotopic (exact) mass is 454 g/mol. The van der Waals surface area contributed by atoms with Crippen LogP contribution in [0.1, 0.15) is 28.9 Å². The van der Waals surface area contributed by atoms with Crippen molar-refractivity contribution in [2.75, 3.05) is 12.4 Å². The quantitative estimate of drug-likeness (QED) is 0.452. The van der Waals surface area contributed by atoms with Crippen molar-refractivity contribution in [2.45, 2.75) is 32.9 Å². The van der Waals surface area contributed by atoms with Crippen molar-refractivity contribution < 1.29 is 14.4 Å². The minimum absolute atomic E-state index is 0.246. The van der Waals surface area contributed by atoms with Gasteiger partial charge in [-0.05, 0) is 42.3 Å². The number of rotatable bonds is 6. The first-order valence-electron chi connectivity index (χ1n) is 11.2. The molecular weight excluding hydrogens is 428 g/mol. The smallest absolute Gasteiger partial charge is 0.268 e. The summed E-state index contributed by atoms with van der Waals surface area (Å²) in [6.45, 7) is 4.48. The third kappa shape index (κ3) is 4.01. The number of fused-ring (bicyclic) bond motifs is 1. The highest BCUT2D eigenvalue weighted by atomic mass is 16.6. The van der Waals surface area contributed by atoms with Crippen LogP contribution in [-0.2, 0) is 16.2 Å². The van der Waals surface area contributed by atoms with Crippen molar-refractivity contribution >= 4 is 28.1 Å². The number of anilines is 1. The summed E-state index contributed by atoms with van der Waals surface area (Å²) in [6.07, 6.45) is -0.339. The highest BCUT2D eigenvalue weighted by molar-refractivity contribution is 6.07. The maximum Gasteiger partial charge on any atom is 0.268 e. The zero-order valence-electron chi connectivity index (χ0n) is 19.4. The van der Waals surface area contributed by atoms with Crippen molar-refractivity contribution in [2.24, 2.45) is 5.16 Å². The molecule has 1 amide bonds. The second kappa shape index (κ2) is 9.02. The third-order valence-electron chi connectivity index (χ3n) is 6.21. The summed E-state index contributed by atoms with van der Waals surface area (Å²) >= 11 is 0. The third-order valence-corrected chi connectivity index (χ3v) is 6.21. The van der Waals surface area contributed by atoms with Crippen molar-refractivity contribution in [3.05, 3.63) is 89.2 Å². The lowest BCUT2D eigenvalue weighted by Gasteiger charge is -2.11. The fraction of sp³-hybridized carbons (Fsp3) is 0.222. The van der Waals surface area contributed by atoms with Gasteiger partial charge in [0.15, 0.2) is 0 Å². The molecule has 0 saturated heterocycles. The zero-order valence-corrected chi connectivity index (χ0v) is 19.4. The molecule has 1 atom stereocenters. The summed E-state index contributed by atoms with van der Waals surface area (Å²) in [6, 6.07) is 22.2. The molecule has 172 valence electrons. The molecule has 2 heterocycles. The predicted octanol–water partition coefficient (Wildman–Crippen LogP) is 4.84.